The number of rotatable bonds is 6. The Labute approximate surface area is 132 Å². The highest BCUT2D eigenvalue weighted by Gasteiger charge is 2.10. The van der Waals surface area contributed by atoms with Crippen LogP contribution in [0.1, 0.15) is 15.2 Å². The highest BCUT2D eigenvalue weighted by Crippen LogP contribution is 2.33. The Hall–Kier alpha value is -2.54. The third kappa shape index (κ3) is 3.56. The van der Waals surface area contributed by atoms with Gasteiger partial charge in [-0.1, -0.05) is 6.07 Å². The van der Waals surface area contributed by atoms with E-state index in [4.69, 9.17) is 14.2 Å². The van der Waals surface area contributed by atoms with Gasteiger partial charge in [0, 0.05) is 11.6 Å². The van der Waals surface area contributed by atoms with Crippen LogP contribution in [-0.2, 0) is 0 Å². The maximum absolute atomic E-state index is 11.8. The van der Waals surface area contributed by atoms with Crippen molar-refractivity contribution in [2.75, 3.05) is 21.3 Å². The molecule has 1 aromatic carbocycles. The first-order chi connectivity index (χ1) is 10.7. The van der Waals surface area contributed by atoms with Crippen molar-refractivity contribution in [3.63, 3.8) is 0 Å². The fraction of sp³-hybridized carbons (Fsp3) is 0.200. The van der Waals surface area contributed by atoms with Crippen LogP contribution in [0.5, 0.6) is 17.2 Å². The lowest BCUT2D eigenvalue weighted by Crippen LogP contribution is -2.16. The molecule has 0 saturated heterocycles. The molecule has 22 heavy (non-hydrogen) atoms. The average molecular weight is 320 g/mol. The van der Waals surface area contributed by atoms with E-state index in [0.29, 0.717) is 27.7 Å². The van der Waals surface area contributed by atoms with Crippen molar-refractivity contribution >= 4 is 23.5 Å². The molecule has 0 aliphatic rings. The van der Waals surface area contributed by atoms with Crippen LogP contribution in [0.4, 0.5) is 0 Å². The van der Waals surface area contributed by atoms with Crippen LogP contribution in [0.2, 0.25) is 0 Å². The number of hydrogen-bond acceptors (Lipinski definition) is 6. The third-order valence-electron chi connectivity index (χ3n) is 2.85. The summed E-state index contributed by atoms with van der Waals surface area (Å²) >= 11 is 1.35. The third-order valence-corrected chi connectivity index (χ3v) is 3.72. The summed E-state index contributed by atoms with van der Waals surface area (Å²) in [6.07, 6.45) is 1.49. The van der Waals surface area contributed by atoms with Gasteiger partial charge in [-0.25, -0.2) is 5.43 Å². The van der Waals surface area contributed by atoms with Crippen LogP contribution in [-0.4, -0.2) is 33.5 Å². The molecule has 0 aliphatic carbocycles. The summed E-state index contributed by atoms with van der Waals surface area (Å²) in [6, 6.07) is 6.95. The molecule has 0 atom stereocenters. The topological polar surface area (TPSA) is 69.2 Å². The summed E-state index contributed by atoms with van der Waals surface area (Å²) in [5, 5.41) is 5.77. The van der Waals surface area contributed by atoms with Crippen molar-refractivity contribution in [1.82, 2.24) is 5.43 Å². The number of ether oxygens (including phenoxy) is 3. The first-order valence-corrected chi connectivity index (χ1v) is 7.24. The van der Waals surface area contributed by atoms with Gasteiger partial charge in [-0.05, 0) is 17.5 Å². The van der Waals surface area contributed by atoms with Crippen molar-refractivity contribution in [3.8, 4) is 17.2 Å². The van der Waals surface area contributed by atoms with Gasteiger partial charge >= 0.3 is 0 Å². The lowest BCUT2D eigenvalue weighted by atomic mass is 10.2. The number of amides is 1. The van der Waals surface area contributed by atoms with Gasteiger partial charge in [0.25, 0.3) is 5.91 Å². The van der Waals surface area contributed by atoms with Crippen LogP contribution >= 0.6 is 11.3 Å². The van der Waals surface area contributed by atoms with Gasteiger partial charge in [-0.3, -0.25) is 4.79 Å². The number of carbonyl (C=O) groups excluding carboxylic acids is 1. The molecule has 116 valence electrons. The summed E-state index contributed by atoms with van der Waals surface area (Å²) < 4.78 is 15.7. The summed E-state index contributed by atoms with van der Waals surface area (Å²) in [4.78, 5) is 12.4. The van der Waals surface area contributed by atoms with Crippen molar-refractivity contribution in [2.24, 2.45) is 5.10 Å². The fourth-order valence-electron chi connectivity index (χ4n) is 1.78. The second-order valence-corrected chi connectivity index (χ2v) is 5.07. The molecule has 0 radical (unpaired) electrons. The number of hydrogen-bond donors (Lipinski definition) is 1. The van der Waals surface area contributed by atoms with E-state index in [1.165, 1.54) is 17.6 Å². The van der Waals surface area contributed by atoms with E-state index in [-0.39, 0.29) is 5.91 Å². The van der Waals surface area contributed by atoms with Crippen molar-refractivity contribution in [3.05, 3.63) is 40.1 Å². The van der Waals surface area contributed by atoms with E-state index in [2.05, 4.69) is 10.5 Å². The molecule has 0 aliphatic heterocycles. The van der Waals surface area contributed by atoms with Gasteiger partial charge in [-0.2, -0.15) is 5.10 Å². The molecule has 0 saturated carbocycles. The largest absolute Gasteiger partial charge is 0.496 e. The maximum atomic E-state index is 11.8. The van der Waals surface area contributed by atoms with Crippen LogP contribution < -0.4 is 19.6 Å². The monoisotopic (exact) mass is 320 g/mol. The number of hydrazone groups is 1. The summed E-state index contributed by atoms with van der Waals surface area (Å²) in [6.45, 7) is 0. The van der Waals surface area contributed by atoms with E-state index in [0.717, 1.165) is 0 Å². The minimum Gasteiger partial charge on any atom is -0.496 e. The molecule has 0 bridgehead atoms. The Kier molecular flexibility index (Phi) is 5.37. The fourth-order valence-corrected chi connectivity index (χ4v) is 2.39. The average Bonchev–Trinajstić information content (AvgIpc) is 3.08. The Morgan fingerprint density at radius 3 is 2.41 bits per heavy atom. The van der Waals surface area contributed by atoms with Crippen LogP contribution in [0, 0.1) is 0 Å². The predicted octanol–water partition coefficient (Wildman–Crippen LogP) is 2.54. The Morgan fingerprint density at radius 2 is 1.82 bits per heavy atom. The van der Waals surface area contributed by atoms with Crippen molar-refractivity contribution in [1.29, 1.82) is 0 Å². The molecular weight excluding hydrogens is 304 g/mol. The van der Waals surface area contributed by atoms with Crippen LogP contribution in [0.25, 0.3) is 0 Å². The second-order valence-electron chi connectivity index (χ2n) is 4.13. The van der Waals surface area contributed by atoms with Gasteiger partial charge in [0.1, 0.15) is 5.75 Å². The number of nitrogens with zero attached hydrogens (tertiary/aromatic N) is 1. The smallest absolute Gasteiger partial charge is 0.281 e. The summed E-state index contributed by atoms with van der Waals surface area (Å²) in [5.41, 5.74) is 3.12. The Bertz CT molecular complexity index is 668. The lowest BCUT2D eigenvalue weighted by Gasteiger charge is -2.11. The number of thiophene rings is 1. The zero-order chi connectivity index (χ0) is 15.9. The van der Waals surface area contributed by atoms with E-state index in [1.807, 2.05) is 5.38 Å². The lowest BCUT2D eigenvalue weighted by molar-refractivity contribution is 0.0959. The predicted molar refractivity (Wildman–Crippen MR) is 85.5 cm³/mol. The highest BCUT2D eigenvalue weighted by atomic mass is 32.1. The number of methoxy groups -OCH3 is 3. The molecule has 6 nitrogen and oxygen atoms in total. The molecule has 1 aromatic heterocycles. The standard InChI is InChI=1S/C15H16N2O4S/c1-19-11-8-13(21-3)12(20-2)7-10(11)9-16-17-15(18)14-5-4-6-22-14/h4-9H,1-3H3,(H,17,18)/b16-9-. The molecule has 1 amide bonds. The molecule has 0 fully saturated rings. The van der Waals surface area contributed by atoms with Gasteiger partial charge in [0.05, 0.1) is 32.4 Å². The number of benzene rings is 1. The molecule has 1 heterocycles. The van der Waals surface area contributed by atoms with E-state index < -0.39 is 0 Å². The molecule has 7 heteroatoms. The summed E-state index contributed by atoms with van der Waals surface area (Å²) in [7, 11) is 4.64. The minimum atomic E-state index is -0.259. The first-order valence-electron chi connectivity index (χ1n) is 6.36. The molecule has 2 aromatic rings. The number of carbonyl (C=O) groups is 1. The van der Waals surface area contributed by atoms with Crippen LogP contribution in [0.15, 0.2) is 34.7 Å². The van der Waals surface area contributed by atoms with Crippen molar-refractivity contribution < 1.29 is 19.0 Å². The quantitative estimate of drug-likeness (QED) is 0.656. The molecule has 0 unspecified atom stereocenters. The Morgan fingerprint density at radius 1 is 1.14 bits per heavy atom. The van der Waals surface area contributed by atoms with Crippen LogP contribution in [0.3, 0.4) is 0 Å². The van der Waals surface area contributed by atoms with E-state index in [9.17, 15) is 4.79 Å². The Balaban J connectivity index is 2.17. The zero-order valence-electron chi connectivity index (χ0n) is 12.5. The minimum absolute atomic E-state index is 0.259. The molecular formula is C15H16N2O4S. The normalized spacial score (nSPS) is 10.5. The molecule has 2 rings (SSSR count). The molecule has 0 spiro atoms. The highest BCUT2D eigenvalue weighted by molar-refractivity contribution is 7.12. The zero-order valence-corrected chi connectivity index (χ0v) is 13.3. The van der Waals surface area contributed by atoms with Gasteiger partial charge in [0.15, 0.2) is 11.5 Å². The van der Waals surface area contributed by atoms with Gasteiger partial charge < -0.3 is 14.2 Å². The summed E-state index contributed by atoms with van der Waals surface area (Å²) in [5.74, 6) is 1.41. The van der Waals surface area contributed by atoms with E-state index in [1.54, 1.807) is 45.6 Å². The molecule has 1 N–H and O–H groups in total. The SMILES string of the molecule is COc1cc(OC)c(OC)cc1/C=N\NC(=O)c1cccs1. The van der Waals surface area contributed by atoms with E-state index >= 15 is 0 Å². The number of nitrogens with one attached hydrogen (secondary N) is 1. The van der Waals surface area contributed by atoms with Gasteiger partial charge in [-0.15, -0.1) is 11.3 Å². The maximum Gasteiger partial charge on any atom is 0.281 e. The van der Waals surface area contributed by atoms with Gasteiger partial charge in [0.2, 0.25) is 0 Å². The second kappa shape index (κ2) is 7.46. The first kappa shape index (κ1) is 15.8. The van der Waals surface area contributed by atoms with Crippen molar-refractivity contribution in [2.45, 2.75) is 0 Å².